The second kappa shape index (κ2) is 7.30. The first-order valence-corrected chi connectivity index (χ1v) is 7.96. The third-order valence-corrected chi connectivity index (χ3v) is 4.42. The van der Waals surface area contributed by atoms with Crippen LogP contribution in [0.25, 0.3) is 0 Å². The minimum atomic E-state index is -4.69. The summed E-state index contributed by atoms with van der Waals surface area (Å²) in [6.07, 6.45) is -4.94. The van der Waals surface area contributed by atoms with E-state index in [-0.39, 0.29) is 24.6 Å². The highest BCUT2D eigenvalue weighted by Crippen LogP contribution is 2.33. The lowest BCUT2D eigenvalue weighted by molar-refractivity contribution is -0.143. The molecule has 1 N–H and O–H groups in total. The molecule has 124 valence electrons. The molecule has 0 saturated carbocycles. The first-order valence-electron chi connectivity index (χ1n) is 6.10. The summed E-state index contributed by atoms with van der Waals surface area (Å²) in [4.78, 5) is 10.4. The van der Waals surface area contributed by atoms with E-state index in [0.29, 0.717) is 12.1 Å². The van der Waals surface area contributed by atoms with Crippen molar-refractivity contribution in [1.82, 2.24) is 4.72 Å². The molecule has 0 aliphatic heterocycles. The first kappa shape index (κ1) is 18.7. The number of carbonyl (C=O) groups excluding carboxylic acids is 1. The molecule has 0 saturated heterocycles. The van der Waals surface area contributed by atoms with Crippen molar-refractivity contribution in [2.45, 2.75) is 24.4 Å². The zero-order valence-electron chi connectivity index (χ0n) is 11.4. The fourth-order valence-electron chi connectivity index (χ4n) is 1.48. The average Bonchev–Trinajstić information content (AvgIpc) is 2.37. The van der Waals surface area contributed by atoms with Gasteiger partial charge in [0.2, 0.25) is 10.0 Å². The van der Waals surface area contributed by atoms with E-state index in [1.165, 1.54) is 0 Å². The van der Waals surface area contributed by atoms with E-state index in [2.05, 4.69) is 4.74 Å². The number of hydrogen-bond acceptors (Lipinski definition) is 4. The molecule has 0 fully saturated rings. The number of benzene rings is 1. The summed E-state index contributed by atoms with van der Waals surface area (Å²) in [5.41, 5.74) is -1.14. The number of alkyl halides is 3. The van der Waals surface area contributed by atoms with Gasteiger partial charge in [-0.2, -0.15) is 13.2 Å². The maximum atomic E-state index is 12.6. The molecule has 1 rings (SSSR count). The van der Waals surface area contributed by atoms with Gasteiger partial charge in [0.15, 0.2) is 0 Å². The van der Waals surface area contributed by atoms with E-state index in [9.17, 15) is 26.4 Å². The number of ether oxygens (including phenoxy) is 1. The van der Waals surface area contributed by atoms with Crippen LogP contribution in [0.15, 0.2) is 23.1 Å². The van der Waals surface area contributed by atoms with Crippen molar-refractivity contribution in [3.8, 4) is 0 Å². The summed E-state index contributed by atoms with van der Waals surface area (Å²) < 4.78 is 68.4. The highest BCUT2D eigenvalue weighted by Gasteiger charge is 2.32. The predicted octanol–water partition coefficient (Wildman–Crippen LogP) is 2.59. The Morgan fingerprint density at radius 1 is 1.36 bits per heavy atom. The van der Waals surface area contributed by atoms with Gasteiger partial charge in [-0.15, -0.1) is 0 Å². The van der Waals surface area contributed by atoms with Crippen LogP contribution in [-0.4, -0.2) is 27.5 Å². The third kappa shape index (κ3) is 5.15. The van der Waals surface area contributed by atoms with Crippen LogP contribution in [0.2, 0.25) is 5.02 Å². The molecule has 1 aromatic carbocycles. The maximum absolute atomic E-state index is 12.6. The molecule has 0 aromatic heterocycles. The largest absolute Gasteiger partial charge is 0.466 e. The topological polar surface area (TPSA) is 72.5 Å². The van der Waals surface area contributed by atoms with Crippen LogP contribution in [0.4, 0.5) is 13.2 Å². The number of halogens is 4. The lowest BCUT2D eigenvalue weighted by atomic mass is 10.2. The van der Waals surface area contributed by atoms with Gasteiger partial charge in [-0.25, -0.2) is 13.1 Å². The summed E-state index contributed by atoms with van der Waals surface area (Å²) >= 11 is 5.64. The number of carbonyl (C=O) groups is 1. The lowest BCUT2D eigenvalue weighted by Gasteiger charge is -2.11. The van der Waals surface area contributed by atoms with Gasteiger partial charge in [0, 0.05) is 6.54 Å². The molecule has 0 spiro atoms. The zero-order chi connectivity index (χ0) is 17.0. The molecule has 0 radical (unpaired) electrons. The summed E-state index contributed by atoms with van der Waals surface area (Å²) in [5.74, 6) is -0.625. The Hall–Kier alpha value is -1.32. The molecular weight excluding hydrogens is 347 g/mol. The van der Waals surface area contributed by atoms with Crippen LogP contribution >= 0.6 is 11.6 Å². The molecule has 0 unspecified atom stereocenters. The number of hydrogen-bond donors (Lipinski definition) is 1. The molecule has 0 aliphatic carbocycles. The minimum absolute atomic E-state index is 0.144. The fourth-order valence-corrected chi connectivity index (χ4v) is 3.04. The maximum Gasteiger partial charge on any atom is 0.416 e. The van der Waals surface area contributed by atoms with E-state index in [1.54, 1.807) is 6.92 Å². The van der Waals surface area contributed by atoms with Crippen molar-refractivity contribution in [1.29, 1.82) is 0 Å². The van der Waals surface area contributed by atoms with Gasteiger partial charge in [0.25, 0.3) is 0 Å². The molecule has 1 aromatic rings. The summed E-state index contributed by atoms with van der Waals surface area (Å²) in [6.45, 7) is 1.42. The second-order valence-electron chi connectivity index (χ2n) is 4.10. The second-order valence-corrected chi connectivity index (χ2v) is 6.24. The molecule has 22 heavy (non-hydrogen) atoms. The van der Waals surface area contributed by atoms with Gasteiger partial charge < -0.3 is 4.74 Å². The van der Waals surface area contributed by atoms with E-state index < -0.39 is 32.6 Å². The number of esters is 1. The van der Waals surface area contributed by atoms with Gasteiger partial charge in [-0.3, -0.25) is 4.79 Å². The van der Waals surface area contributed by atoms with Crippen LogP contribution in [-0.2, 0) is 25.7 Å². The third-order valence-electron chi connectivity index (χ3n) is 2.47. The standard InChI is InChI=1S/C12H13ClF3NO4S/c1-2-21-11(18)5-6-17-22(19,20)10-7-8(12(14,15)16)3-4-9(10)13/h3-4,7,17H,2,5-6H2,1H3. The van der Waals surface area contributed by atoms with Crippen LogP contribution in [0, 0.1) is 0 Å². The monoisotopic (exact) mass is 359 g/mol. The van der Waals surface area contributed by atoms with E-state index in [4.69, 9.17) is 11.6 Å². The van der Waals surface area contributed by atoms with Crippen molar-refractivity contribution in [2.24, 2.45) is 0 Å². The molecule has 10 heteroatoms. The van der Waals surface area contributed by atoms with Crippen LogP contribution in [0.5, 0.6) is 0 Å². The van der Waals surface area contributed by atoms with Crippen molar-refractivity contribution in [3.05, 3.63) is 28.8 Å². The van der Waals surface area contributed by atoms with Crippen molar-refractivity contribution >= 4 is 27.6 Å². The van der Waals surface area contributed by atoms with E-state index in [1.807, 2.05) is 4.72 Å². The molecule has 0 amide bonds. The van der Waals surface area contributed by atoms with Crippen molar-refractivity contribution in [3.63, 3.8) is 0 Å². The Morgan fingerprint density at radius 2 is 2.00 bits per heavy atom. The SMILES string of the molecule is CCOC(=O)CCNS(=O)(=O)c1cc(C(F)(F)F)ccc1Cl. The average molecular weight is 360 g/mol. The molecular formula is C12H13ClF3NO4S. The normalized spacial score (nSPS) is 12.2. The van der Waals surface area contributed by atoms with Gasteiger partial charge in [-0.05, 0) is 25.1 Å². The fraction of sp³-hybridized carbons (Fsp3) is 0.417. The van der Waals surface area contributed by atoms with Crippen LogP contribution in [0.3, 0.4) is 0 Å². The minimum Gasteiger partial charge on any atom is -0.466 e. The van der Waals surface area contributed by atoms with Crippen LogP contribution < -0.4 is 4.72 Å². The summed E-state index contributed by atoms with van der Waals surface area (Å²) in [5, 5.41) is -0.350. The highest BCUT2D eigenvalue weighted by molar-refractivity contribution is 7.89. The number of rotatable bonds is 6. The quantitative estimate of drug-likeness (QED) is 0.792. The van der Waals surface area contributed by atoms with Gasteiger partial charge >= 0.3 is 12.1 Å². The summed E-state index contributed by atoms with van der Waals surface area (Å²) in [6, 6.07) is 1.97. The number of sulfonamides is 1. The van der Waals surface area contributed by atoms with Gasteiger partial charge in [-0.1, -0.05) is 11.6 Å². The highest BCUT2D eigenvalue weighted by atomic mass is 35.5. The molecule has 0 aliphatic rings. The molecule has 0 atom stereocenters. The lowest BCUT2D eigenvalue weighted by Crippen LogP contribution is -2.27. The Kier molecular flexibility index (Phi) is 6.21. The van der Waals surface area contributed by atoms with Crippen molar-refractivity contribution < 1.29 is 31.1 Å². The summed E-state index contributed by atoms with van der Waals surface area (Å²) in [7, 11) is -4.27. The van der Waals surface area contributed by atoms with Crippen molar-refractivity contribution in [2.75, 3.05) is 13.2 Å². The predicted molar refractivity (Wildman–Crippen MR) is 72.9 cm³/mol. The van der Waals surface area contributed by atoms with Crippen LogP contribution in [0.1, 0.15) is 18.9 Å². The number of nitrogens with one attached hydrogen (secondary N) is 1. The molecule has 0 bridgehead atoms. The van der Waals surface area contributed by atoms with E-state index >= 15 is 0 Å². The smallest absolute Gasteiger partial charge is 0.416 e. The Labute approximate surface area is 130 Å². The first-order chi connectivity index (χ1) is 10.1. The Morgan fingerprint density at radius 3 is 2.55 bits per heavy atom. The molecule has 0 heterocycles. The zero-order valence-corrected chi connectivity index (χ0v) is 13.0. The Balaban J connectivity index is 2.91. The molecule has 5 nitrogen and oxygen atoms in total. The van der Waals surface area contributed by atoms with E-state index in [0.717, 1.165) is 6.07 Å². The van der Waals surface area contributed by atoms with Gasteiger partial charge in [0.05, 0.1) is 23.6 Å². The van der Waals surface area contributed by atoms with Gasteiger partial charge in [0.1, 0.15) is 4.90 Å². The Bertz CT molecular complexity index is 646.